The topological polar surface area (TPSA) is 20.2 Å². The molecule has 0 aliphatic rings. The molecule has 0 amide bonds. The Morgan fingerprint density at radius 2 is 1.91 bits per heavy atom. The molecule has 0 heterocycles. The first kappa shape index (κ1) is 8.09. The van der Waals surface area contributed by atoms with Crippen molar-refractivity contribution in [3.8, 4) is 0 Å². The normalized spacial score (nSPS) is 9.27. The zero-order valence-corrected chi connectivity index (χ0v) is 6.62. The van der Waals surface area contributed by atoms with Crippen LogP contribution >= 0.6 is 0 Å². The Labute approximate surface area is 67.5 Å². The van der Waals surface area contributed by atoms with Gasteiger partial charge in [-0.2, -0.15) is 0 Å². The van der Waals surface area contributed by atoms with Gasteiger partial charge in [0, 0.05) is 0 Å². The third kappa shape index (κ3) is 1.95. The number of hydrogen-bond acceptors (Lipinski definition) is 1. The molecule has 1 nitrogen and oxygen atoms in total. The molecule has 0 aromatic heterocycles. The Morgan fingerprint density at radius 3 is 2.27 bits per heavy atom. The predicted molar refractivity (Wildman–Crippen MR) is 50.0 cm³/mol. The molecule has 0 radical (unpaired) electrons. The number of hydrogen-bond donors (Lipinski definition) is 1. The van der Waals surface area contributed by atoms with E-state index in [2.05, 4.69) is 6.58 Å². The Kier molecular flexibility index (Phi) is 2.50. The summed E-state index contributed by atoms with van der Waals surface area (Å²) in [5.74, 6) is 0. The van der Waals surface area contributed by atoms with Crippen LogP contribution < -0.4 is 5.46 Å². The molecule has 0 atom stereocenters. The van der Waals surface area contributed by atoms with E-state index in [9.17, 15) is 0 Å². The van der Waals surface area contributed by atoms with Gasteiger partial charge in [-0.3, -0.25) is 0 Å². The van der Waals surface area contributed by atoms with Gasteiger partial charge in [-0.25, -0.2) is 0 Å². The minimum absolute atomic E-state index is 0.381. The second kappa shape index (κ2) is 3.40. The number of benzene rings is 1. The van der Waals surface area contributed by atoms with E-state index in [-0.39, 0.29) is 6.92 Å². The lowest BCUT2D eigenvalue weighted by Crippen LogP contribution is -2.25. The molecule has 1 aromatic carbocycles. The molecule has 56 valence electrons. The zero-order chi connectivity index (χ0) is 8.27. The summed E-state index contributed by atoms with van der Waals surface area (Å²) in [4.78, 5) is 0. The molecule has 1 aromatic rings. The molecular formula is C9H11BO. The van der Waals surface area contributed by atoms with Gasteiger partial charge in [0.15, 0.2) is 0 Å². The Bertz CT molecular complexity index is 238. The summed E-state index contributed by atoms with van der Waals surface area (Å²) >= 11 is 0. The van der Waals surface area contributed by atoms with E-state index in [1.807, 2.05) is 24.3 Å². The van der Waals surface area contributed by atoms with E-state index < -0.39 is 0 Å². The van der Waals surface area contributed by atoms with Crippen molar-refractivity contribution in [3.63, 3.8) is 0 Å². The van der Waals surface area contributed by atoms with Crippen molar-refractivity contribution in [2.45, 2.75) is 6.82 Å². The van der Waals surface area contributed by atoms with Crippen molar-refractivity contribution >= 4 is 18.5 Å². The molecule has 0 aliphatic carbocycles. The van der Waals surface area contributed by atoms with Crippen LogP contribution in [0.1, 0.15) is 5.56 Å². The second-order valence-electron chi connectivity index (χ2n) is 2.55. The summed E-state index contributed by atoms with van der Waals surface area (Å²) in [5.41, 5.74) is 2.02. The molecule has 0 bridgehead atoms. The summed E-state index contributed by atoms with van der Waals surface area (Å²) in [6.07, 6.45) is 1.78. The molecule has 0 unspecified atom stereocenters. The van der Waals surface area contributed by atoms with Gasteiger partial charge in [0.25, 0.3) is 0 Å². The van der Waals surface area contributed by atoms with Crippen molar-refractivity contribution in [1.82, 2.24) is 0 Å². The Balaban J connectivity index is 2.91. The second-order valence-corrected chi connectivity index (χ2v) is 2.55. The van der Waals surface area contributed by atoms with E-state index >= 15 is 0 Å². The first-order valence-electron chi connectivity index (χ1n) is 3.64. The highest BCUT2D eigenvalue weighted by Crippen LogP contribution is 1.97. The first-order valence-corrected chi connectivity index (χ1v) is 3.64. The summed E-state index contributed by atoms with van der Waals surface area (Å²) in [6.45, 7) is 5.02. The SMILES string of the molecule is C=Cc1ccc(B(C)O)cc1. The third-order valence-electron chi connectivity index (χ3n) is 1.65. The van der Waals surface area contributed by atoms with Crippen molar-refractivity contribution in [3.05, 3.63) is 36.4 Å². The quantitative estimate of drug-likeness (QED) is 0.620. The van der Waals surface area contributed by atoms with Gasteiger partial charge < -0.3 is 5.02 Å². The van der Waals surface area contributed by atoms with E-state index in [1.54, 1.807) is 12.9 Å². The van der Waals surface area contributed by atoms with Gasteiger partial charge in [-0.15, -0.1) is 0 Å². The lowest BCUT2D eigenvalue weighted by atomic mass is 9.64. The van der Waals surface area contributed by atoms with Crippen LogP contribution in [0.15, 0.2) is 30.8 Å². The minimum atomic E-state index is -0.381. The van der Waals surface area contributed by atoms with Crippen LogP contribution in [0.3, 0.4) is 0 Å². The summed E-state index contributed by atoms with van der Waals surface area (Å²) in [6, 6.07) is 7.69. The van der Waals surface area contributed by atoms with Gasteiger partial charge in [0.05, 0.1) is 0 Å². The standard InChI is InChI=1S/C9H11BO/c1-3-8-4-6-9(7-5-8)10(2)11/h3-7,11H,1H2,2H3. The Hall–Kier alpha value is -1.02. The molecule has 1 rings (SSSR count). The molecule has 0 saturated carbocycles. The molecule has 2 heteroatoms. The van der Waals surface area contributed by atoms with Crippen LogP contribution in [-0.4, -0.2) is 11.9 Å². The molecule has 1 N–H and O–H groups in total. The van der Waals surface area contributed by atoms with Crippen LogP contribution in [0.25, 0.3) is 6.08 Å². The average molecular weight is 146 g/mol. The maximum absolute atomic E-state index is 9.16. The Morgan fingerprint density at radius 1 is 1.36 bits per heavy atom. The van der Waals surface area contributed by atoms with Gasteiger partial charge in [-0.05, 0) is 11.0 Å². The van der Waals surface area contributed by atoms with Gasteiger partial charge in [0.1, 0.15) is 0 Å². The molecule has 0 spiro atoms. The van der Waals surface area contributed by atoms with Crippen molar-refractivity contribution in [2.24, 2.45) is 0 Å². The highest BCUT2D eigenvalue weighted by atomic mass is 16.2. The molecule has 0 fully saturated rings. The van der Waals surface area contributed by atoms with Crippen molar-refractivity contribution in [1.29, 1.82) is 0 Å². The lowest BCUT2D eigenvalue weighted by Gasteiger charge is -1.99. The first-order chi connectivity index (χ1) is 5.24. The molecular weight excluding hydrogens is 135 g/mol. The van der Waals surface area contributed by atoms with Gasteiger partial charge in [-0.1, -0.05) is 43.7 Å². The highest BCUT2D eigenvalue weighted by Gasteiger charge is 2.03. The molecule has 0 saturated heterocycles. The minimum Gasteiger partial charge on any atom is -0.447 e. The predicted octanol–water partition coefficient (Wildman–Crippen LogP) is 1.15. The van der Waals surface area contributed by atoms with E-state index in [0.29, 0.717) is 0 Å². The maximum atomic E-state index is 9.16. The molecule has 11 heavy (non-hydrogen) atoms. The van der Waals surface area contributed by atoms with E-state index in [1.165, 1.54) is 0 Å². The van der Waals surface area contributed by atoms with Gasteiger partial charge in [0.2, 0.25) is 0 Å². The highest BCUT2D eigenvalue weighted by molar-refractivity contribution is 6.64. The van der Waals surface area contributed by atoms with E-state index in [4.69, 9.17) is 5.02 Å². The zero-order valence-electron chi connectivity index (χ0n) is 6.62. The largest absolute Gasteiger partial charge is 0.447 e. The monoisotopic (exact) mass is 146 g/mol. The van der Waals surface area contributed by atoms with E-state index in [0.717, 1.165) is 11.0 Å². The fourth-order valence-corrected chi connectivity index (χ4v) is 0.911. The molecule has 0 aliphatic heterocycles. The number of rotatable bonds is 2. The average Bonchev–Trinajstić information content (AvgIpc) is 2.05. The van der Waals surface area contributed by atoms with Crippen LogP contribution in [-0.2, 0) is 0 Å². The summed E-state index contributed by atoms with van der Waals surface area (Å²) in [7, 11) is 0. The summed E-state index contributed by atoms with van der Waals surface area (Å²) < 4.78 is 0. The van der Waals surface area contributed by atoms with Crippen LogP contribution in [0, 0.1) is 0 Å². The van der Waals surface area contributed by atoms with Crippen molar-refractivity contribution in [2.75, 3.05) is 0 Å². The third-order valence-corrected chi connectivity index (χ3v) is 1.65. The smallest absolute Gasteiger partial charge is 0.320 e. The van der Waals surface area contributed by atoms with Crippen LogP contribution in [0.4, 0.5) is 0 Å². The fraction of sp³-hybridized carbons (Fsp3) is 0.111. The summed E-state index contributed by atoms with van der Waals surface area (Å²) in [5, 5.41) is 9.16. The fourth-order valence-electron chi connectivity index (χ4n) is 0.911. The van der Waals surface area contributed by atoms with Crippen LogP contribution in [0.5, 0.6) is 0 Å². The van der Waals surface area contributed by atoms with Crippen molar-refractivity contribution < 1.29 is 5.02 Å². The van der Waals surface area contributed by atoms with Crippen LogP contribution in [0.2, 0.25) is 6.82 Å². The lowest BCUT2D eigenvalue weighted by molar-refractivity contribution is 0.594. The van der Waals surface area contributed by atoms with Gasteiger partial charge >= 0.3 is 6.92 Å². The maximum Gasteiger partial charge on any atom is 0.320 e.